The lowest BCUT2D eigenvalue weighted by molar-refractivity contribution is -0.111. The molecule has 1 aliphatic heterocycles. The largest absolute Gasteiger partial charge is 0.489 e. The SMILES string of the molecule is O=C(C#CCN1CCOCC1)Nc1cc2c(Nc3ccc(OCc4ccccc4)cc3)ncnc2cn1. The fourth-order valence-electron chi connectivity index (χ4n) is 3.78. The van der Waals surface area contributed by atoms with Gasteiger partial charge in [-0.3, -0.25) is 15.0 Å². The van der Waals surface area contributed by atoms with E-state index >= 15 is 0 Å². The van der Waals surface area contributed by atoms with Crippen molar-refractivity contribution in [2.45, 2.75) is 6.61 Å². The molecule has 0 spiro atoms. The van der Waals surface area contributed by atoms with Gasteiger partial charge in [-0.25, -0.2) is 15.0 Å². The van der Waals surface area contributed by atoms with Crippen LogP contribution in [0.4, 0.5) is 17.3 Å². The number of hydrogen-bond donors (Lipinski definition) is 2. The molecule has 0 unspecified atom stereocenters. The highest BCUT2D eigenvalue weighted by Crippen LogP contribution is 2.26. The Labute approximate surface area is 214 Å². The second kappa shape index (κ2) is 11.9. The zero-order valence-corrected chi connectivity index (χ0v) is 20.2. The third kappa shape index (κ3) is 6.79. The molecule has 3 heterocycles. The van der Waals surface area contributed by atoms with Crippen molar-refractivity contribution in [1.29, 1.82) is 0 Å². The van der Waals surface area contributed by atoms with Gasteiger partial charge in [-0.2, -0.15) is 0 Å². The van der Waals surface area contributed by atoms with Gasteiger partial charge in [0.25, 0.3) is 0 Å². The fourth-order valence-corrected chi connectivity index (χ4v) is 3.78. The zero-order valence-electron chi connectivity index (χ0n) is 20.2. The molecule has 0 bridgehead atoms. The summed E-state index contributed by atoms with van der Waals surface area (Å²) < 4.78 is 11.2. The van der Waals surface area contributed by atoms with Gasteiger partial charge in [-0.05, 0) is 41.8 Å². The van der Waals surface area contributed by atoms with Crippen molar-refractivity contribution in [2.75, 3.05) is 43.5 Å². The van der Waals surface area contributed by atoms with Gasteiger partial charge in [0, 0.05) is 24.2 Å². The van der Waals surface area contributed by atoms with E-state index in [1.54, 1.807) is 12.3 Å². The number of benzene rings is 2. The molecular formula is C28H26N6O3. The number of pyridine rings is 1. The Morgan fingerprint density at radius 1 is 1.03 bits per heavy atom. The summed E-state index contributed by atoms with van der Waals surface area (Å²) >= 11 is 0. The number of anilines is 3. The summed E-state index contributed by atoms with van der Waals surface area (Å²) in [6.07, 6.45) is 3.07. The molecule has 9 heteroatoms. The summed E-state index contributed by atoms with van der Waals surface area (Å²) in [6, 6.07) is 19.4. The zero-order chi connectivity index (χ0) is 25.3. The van der Waals surface area contributed by atoms with Crippen LogP contribution < -0.4 is 15.4 Å². The van der Waals surface area contributed by atoms with Crippen LogP contribution >= 0.6 is 0 Å². The van der Waals surface area contributed by atoms with Gasteiger partial charge in [0.15, 0.2) is 0 Å². The quantitative estimate of drug-likeness (QED) is 0.376. The van der Waals surface area contributed by atoms with E-state index in [4.69, 9.17) is 9.47 Å². The highest BCUT2D eigenvalue weighted by molar-refractivity contribution is 6.04. The van der Waals surface area contributed by atoms with Crippen molar-refractivity contribution in [3.8, 4) is 17.6 Å². The Hall–Kier alpha value is -4.52. The maximum atomic E-state index is 12.3. The normalized spacial score (nSPS) is 13.4. The molecule has 0 saturated carbocycles. The number of rotatable bonds is 7. The summed E-state index contributed by atoms with van der Waals surface area (Å²) in [4.78, 5) is 27.4. The van der Waals surface area contributed by atoms with Gasteiger partial charge in [0.1, 0.15) is 30.3 Å². The molecule has 1 aliphatic rings. The van der Waals surface area contributed by atoms with Crippen LogP contribution in [-0.4, -0.2) is 58.6 Å². The Kier molecular flexibility index (Phi) is 7.81. The van der Waals surface area contributed by atoms with Gasteiger partial charge in [0.05, 0.1) is 31.5 Å². The maximum absolute atomic E-state index is 12.3. The Bertz CT molecular complexity index is 1410. The molecule has 4 aromatic rings. The van der Waals surface area contributed by atoms with Crippen LogP contribution in [-0.2, 0) is 16.1 Å². The lowest BCUT2D eigenvalue weighted by atomic mass is 10.2. The number of ether oxygens (including phenoxy) is 2. The molecule has 0 radical (unpaired) electrons. The molecule has 0 atom stereocenters. The number of nitrogens with one attached hydrogen (secondary N) is 2. The molecular weight excluding hydrogens is 468 g/mol. The van der Waals surface area contributed by atoms with E-state index in [1.165, 1.54) is 6.33 Å². The first-order valence-corrected chi connectivity index (χ1v) is 12.0. The lowest BCUT2D eigenvalue weighted by Crippen LogP contribution is -2.36. The third-order valence-electron chi connectivity index (χ3n) is 5.74. The highest BCUT2D eigenvalue weighted by atomic mass is 16.5. The first-order valence-electron chi connectivity index (χ1n) is 12.0. The molecule has 5 rings (SSSR count). The van der Waals surface area contributed by atoms with Crippen LogP contribution in [0.2, 0.25) is 0 Å². The van der Waals surface area contributed by atoms with E-state index in [0.717, 1.165) is 35.5 Å². The molecule has 2 N–H and O–H groups in total. The van der Waals surface area contributed by atoms with Crippen LogP contribution in [0.1, 0.15) is 5.56 Å². The predicted molar refractivity (Wildman–Crippen MR) is 141 cm³/mol. The molecule has 9 nitrogen and oxygen atoms in total. The Morgan fingerprint density at radius 3 is 2.65 bits per heavy atom. The summed E-state index contributed by atoms with van der Waals surface area (Å²) in [7, 11) is 0. The molecule has 186 valence electrons. The van der Waals surface area contributed by atoms with Crippen molar-refractivity contribution in [1.82, 2.24) is 19.9 Å². The van der Waals surface area contributed by atoms with Crippen molar-refractivity contribution in [3.63, 3.8) is 0 Å². The molecule has 0 aliphatic carbocycles. The second-order valence-corrected chi connectivity index (χ2v) is 8.38. The number of fused-ring (bicyclic) bond motifs is 1. The average molecular weight is 495 g/mol. The van der Waals surface area contributed by atoms with Gasteiger partial charge in [-0.15, -0.1) is 0 Å². The average Bonchev–Trinajstić information content (AvgIpc) is 2.94. The second-order valence-electron chi connectivity index (χ2n) is 8.38. The Morgan fingerprint density at radius 2 is 1.84 bits per heavy atom. The molecule has 2 aromatic heterocycles. The van der Waals surface area contributed by atoms with E-state index in [0.29, 0.717) is 43.5 Å². The summed E-state index contributed by atoms with van der Waals surface area (Å²) in [5.74, 6) is 6.86. The monoisotopic (exact) mass is 494 g/mol. The molecule has 1 fully saturated rings. The summed E-state index contributed by atoms with van der Waals surface area (Å²) in [6.45, 7) is 4.06. The summed E-state index contributed by atoms with van der Waals surface area (Å²) in [5.41, 5.74) is 2.59. The van der Waals surface area contributed by atoms with Gasteiger partial charge < -0.3 is 14.8 Å². The first-order chi connectivity index (χ1) is 18.2. The number of hydrogen-bond acceptors (Lipinski definition) is 8. The van der Waals surface area contributed by atoms with E-state index in [2.05, 4.69) is 42.3 Å². The van der Waals surface area contributed by atoms with E-state index < -0.39 is 5.91 Å². The molecule has 2 aromatic carbocycles. The van der Waals surface area contributed by atoms with Crippen molar-refractivity contribution >= 4 is 34.1 Å². The number of amides is 1. The van der Waals surface area contributed by atoms with Crippen molar-refractivity contribution in [2.24, 2.45) is 0 Å². The van der Waals surface area contributed by atoms with Gasteiger partial charge >= 0.3 is 5.91 Å². The van der Waals surface area contributed by atoms with Crippen molar-refractivity contribution < 1.29 is 14.3 Å². The minimum atomic E-state index is -0.419. The predicted octanol–water partition coefficient (Wildman–Crippen LogP) is 3.62. The van der Waals surface area contributed by atoms with Crippen LogP contribution in [0.3, 0.4) is 0 Å². The molecule has 1 saturated heterocycles. The number of carbonyl (C=O) groups is 1. The number of nitrogens with zero attached hydrogens (tertiary/aromatic N) is 4. The third-order valence-corrected chi connectivity index (χ3v) is 5.74. The van der Waals surface area contributed by atoms with Gasteiger partial charge in [0.2, 0.25) is 0 Å². The van der Waals surface area contributed by atoms with Crippen molar-refractivity contribution in [3.05, 3.63) is 78.8 Å². The lowest BCUT2D eigenvalue weighted by Gasteiger charge is -2.24. The molecule has 37 heavy (non-hydrogen) atoms. The minimum absolute atomic E-state index is 0.376. The highest BCUT2D eigenvalue weighted by Gasteiger charge is 2.10. The fraction of sp³-hybridized carbons (Fsp3) is 0.214. The first kappa shape index (κ1) is 24.2. The molecule has 1 amide bonds. The topological polar surface area (TPSA) is 102 Å². The smallest absolute Gasteiger partial charge is 0.301 e. The van der Waals surface area contributed by atoms with Crippen LogP contribution in [0.5, 0.6) is 5.75 Å². The van der Waals surface area contributed by atoms with E-state index in [9.17, 15) is 4.79 Å². The van der Waals surface area contributed by atoms with E-state index in [-0.39, 0.29) is 0 Å². The van der Waals surface area contributed by atoms with Crippen LogP contribution in [0.15, 0.2) is 73.2 Å². The van der Waals surface area contributed by atoms with Crippen LogP contribution in [0, 0.1) is 11.8 Å². The Balaban J connectivity index is 1.23. The minimum Gasteiger partial charge on any atom is -0.489 e. The number of aromatic nitrogens is 3. The van der Waals surface area contributed by atoms with E-state index in [1.807, 2.05) is 54.6 Å². The maximum Gasteiger partial charge on any atom is 0.301 e. The number of morpholine rings is 1. The summed E-state index contributed by atoms with van der Waals surface area (Å²) in [5, 5.41) is 6.76. The van der Waals surface area contributed by atoms with Gasteiger partial charge in [-0.1, -0.05) is 36.3 Å². The number of carbonyl (C=O) groups excluding carboxylic acids is 1. The standard InChI is InChI=1S/C28H26N6O3/c35-27(7-4-12-34-13-15-36-16-14-34)33-26-17-24-25(18-29-26)30-20-31-28(24)32-22-8-10-23(11-9-22)37-19-21-5-2-1-3-6-21/h1-3,5-6,8-11,17-18,20H,12-16,19H2,(H,29,33,35)(H,30,31,32). The van der Waals surface area contributed by atoms with Crippen LogP contribution in [0.25, 0.3) is 10.9 Å².